The van der Waals surface area contributed by atoms with Crippen molar-refractivity contribution in [2.75, 3.05) is 0 Å². The summed E-state index contributed by atoms with van der Waals surface area (Å²) in [6.07, 6.45) is 2.20. The third kappa shape index (κ3) is 2.24. The first kappa shape index (κ1) is 11.9. The first-order valence-corrected chi connectivity index (χ1v) is 5.92. The second-order valence-electron chi connectivity index (χ2n) is 4.30. The Morgan fingerprint density at radius 2 is 1.88 bits per heavy atom. The van der Waals surface area contributed by atoms with Crippen molar-refractivity contribution < 1.29 is 5.11 Å². The van der Waals surface area contributed by atoms with Gasteiger partial charge in [0.2, 0.25) is 0 Å². The summed E-state index contributed by atoms with van der Waals surface area (Å²) in [4.78, 5) is 4.28. The predicted octanol–water partition coefficient (Wildman–Crippen LogP) is 2.93. The van der Waals surface area contributed by atoms with Crippen molar-refractivity contribution in [1.82, 2.24) is 9.55 Å². The molecule has 0 amide bonds. The van der Waals surface area contributed by atoms with E-state index in [9.17, 15) is 5.11 Å². The maximum Gasteiger partial charge on any atom is 0.0997 e. The smallest absolute Gasteiger partial charge is 0.0997 e. The van der Waals surface area contributed by atoms with Crippen molar-refractivity contribution in [3.8, 4) is 5.69 Å². The first-order valence-electron chi connectivity index (χ1n) is 5.92. The molecule has 0 saturated heterocycles. The molecule has 0 spiro atoms. The van der Waals surface area contributed by atoms with Gasteiger partial charge in [-0.15, -0.1) is 0 Å². The van der Waals surface area contributed by atoms with Crippen molar-refractivity contribution in [2.24, 2.45) is 0 Å². The minimum absolute atomic E-state index is 0.366. The van der Waals surface area contributed by atoms with Crippen LogP contribution in [0.5, 0.6) is 0 Å². The van der Waals surface area contributed by atoms with Gasteiger partial charge in [0, 0.05) is 11.4 Å². The van der Waals surface area contributed by atoms with Gasteiger partial charge in [-0.2, -0.15) is 0 Å². The Hall–Kier alpha value is -1.61. The van der Waals surface area contributed by atoms with E-state index < -0.39 is 0 Å². The highest BCUT2D eigenvalue weighted by atomic mass is 16.3. The van der Waals surface area contributed by atoms with E-state index >= 15 is 0 Å². The highest BCUT2D eigenvalue weighted by Gasteiger charge is 2.07. The molecule has 0 aliphatic rings. The third-order valence-electron chi connectivity index (χ3n) is 3.19. The molecule has 1 aromatic carbocycles. The van der Waals surface area contributed by atoms with Gasteiger partial charge in [0.15, 0.2) is 0 Å². The van der Waals surface area contributed by atoms with Crippen LogP contribution in [0.15, 0.2) is 30.6 Å². The number of aliphatic hydroxyl groups is 1. The van der Waals surface area contributed by atoms with Gasteiger partial charge in [-0.05, 0) is 38.0 Å². The summed E-state index contributed by atoms with van der Waals surface area (Å²) in [5.41, 5.74) is 4.23. The zero-order chi connectivity index (χ0) is 12.4. The van der Waals surface area contributed by atoms with Gasteiger partial charge >= 0.3 is 0 Å². The average Bonchev–Trinajstić information content (AvgIpc) is 2.69. The number of aryl methyl sites for hydroxylation is 1. The molecule has 2 aromatic rings. The molecule has 0 saturated carbocycles. The number of rotatable bonds is 3. The fourth-order valence-electron chi connectivity index (χ4n) is 1.85. The number of imidazole rings is 1. The highest BCUT2D eigenvalue weighted by molar-refractivity contribution is 5.37. The molecule has 0 fully saturated rings. The summed E-state index contributed by atoms with van der Waals surface area (Å²) < 4.78 is 2.05. The maximum absolute atomic E-state index is 9.73. The van der Waals surface area contributed by atoms with Crippen LogP contribution >= 0.6 is 0 Å². The monoisotopic (exact) mass is 230 g/mol. The van der Waals surface area contributed by atoms with E-state index in [-0.39, 0.29) is 6.10 Å². The summed E-state index contributed by atoms with van der Waals surface area (Å²) in [6, 6.07) is 7.97. The highest BCUT2D eigenvalue weighted by Crippen LogP contribution is 2.19. The zero-order valence-corrected chi connectivity index (χ0v) is 10.5. The van der Waals surface area contributed by atoms with Gasteiger partial charge < -0.3 is 9.67 Å². The second kappa shape index (κ2) is 4.72. The Balaban J connectivity index is 2.32. The van der Waals surface area contributed by atoms with E-state index in [1.807, 2.05) is 44.4 Å². The molecule has 0 radical (unpaired) electrons. The Labute approximate surface area is 102 Å². The van der Waals surface area contributed by atoms with E-state index in [1.165, 1.54) is 0 Å². The Kier molecular flexibility index (Phi) is 3.29. The average molecular weight is 230 g/mol. The Morgan fingerprint density at radius 3 is 2.35 bits per heavy atom. The van der Waals surface area contributed by atoms with Gasteiger partial charge in [0.1, 0.15) is 0 Å². The maximum atomic E-state index is 9.73. The van der Waals surface area contributed by atoms with Gasteiger partial charge in [-0.1, -0.05) is 19.1 Å². The van der Waals surface area contributed by atoms with Crippen molar-refractivity contribution in [3.05, 3.63) is 47.5 Å². The van der Waals surface area contributed by atoms with E-state index in [0.717, 1.165) is 29.1 Å². The lowest BCUT2D eigenvalue weighted by atomic mass is 10.1. The second-order valence-corrected chi connectivity index (χ2v) is 4.30. The molecule has 1 heterocycles. The van der Waals surface area contributed by atoms with E-state index in [4.69, 9.17) is 0 Å². The normalized spacial score (nSPS) is 12.7. The Bertz CT molecular complexity index is 499. The third-order valence-corrected chi connectivity index (χ3v) is 3.19. The lowest BCUT2D eigenvalue weighted by Crippen LogP contribution is -1.98. The summed E-state index contributed by atoms with van der Waals surface area (Å²) >= 11 is 0. The molecule has 0 unspecified atom stereocenters. The van der Waals surface area contributed by atoms with Crippen LogP contribution in [-0.4, -0.2) is 14.7 Å². The molecule has 0 bridgehead atoms. The molecule has 90 valence electrons. The molecule has 17 heavy (non-hydrogen) atoms. The van der Waals surface area contributed by atoms with Crippen LogP contribution in [0.1, 0.15) is 36.4 Å². The molecule has 0 aliphatic heterocycles. The predicted molar refractivity (Wildman–Crippen MR) is 68.3 cm³/mol. The van der Waals surface area contributed by atoms with Crippen LogP contribution in [0.2, 0.25) is 0 Å². The Morgan fingerprint density at radius 1 is 1.24 bits per heavy atom. The topological polar surface area (TPSA) is 38.0 Å². The molecule has 1 aromatic heterocycles. The van der Waals surface area contributed by atoms with Crippen LogP contribution in [-0.2, 0) is 0 Å². The summed E-state index contributed by atoms with van der Waals surface area (Å²) in [5, 5.41) is 9.73. The number of aliphatic hydroxyl groups excluding tert-OH is 1. The lowest BCUT2D eigenvalue weighted by molar-refractivity contribution is 0.173. The van der Waals surface area contributed by atoms with Crippen LogP contribution in [0.4, 0.5) is 0 Å². The molecule has 1 N–H and O–H groups in total. The van der Waals surface area contributed by atoms with E-state index in [0.29, 0.717) is 0 Å². The number of hydrogen-bond donors (Lipinski definition) is 1. The summed E-state index contributed by atoms with van der Waals surface area (Å²) in [5.74, 6) is 0. The number of aromatic nitrogens is 2. The minimum atomic E-state index is -0.366. The van der Waals surface area contributed by atoms with Crippen LogP contribution < -0.4 is 0 Å². The first-order chi connectivity index (χ1) is 8.13. The van der Waals surface area contributed by atoms with Gasteiger partial charge in [0.25, 0.3) is 0 Å². The van der Waals surface area contributed by atoms with Gasteiger partial charge in [0.05, 0.1) is 18.1 Å². The zero-order valence-electron chi connectivity index (χ0n) is 10.5. The van der Waals surface area contributed by atoms with Gasteiger partial charge in [-0.25, -0.2) is 4.98 Å². The van der Waals surface area contributed by atoms with Crippen LogP contribution in [0, 0.1) is 13.8 Å². The van der Waals surface area contributed by atoms with E-state index in [2.05, 4.69) is 16.5 Å². The molecule has 0 aliphatic carbocycles. The van der Waals surface area contributed by atoms with Gasteiger partial charge in [-0.3, -0.25) is 0 Å². The standard InChI is InChI=1S/C14H18N2O/c1-4-14(17)12-5-7-13(8-6-12)16-9-15-10(2)11(16)3/h5-9,14,17H,4H2,1-3H3/t14-/m0/s1. The fourth-order valence-corrected chi connectivity index (χ4v) is 1.85. The summed E-state index contributed by atoms with van der Waals surface area (Å²) in [7, 11) is 0. The van der Waals surface area contributed by atoms with Crippen molar-refractivity contribution in [3.63, 3.8) is 0 Å². The number of nitrogens with zero attached hydrogens (tertiary/aromatic N) is 2. The molecular weight excluding hydrogens is 212 g/mol. The summed E-state index contributed by atoms with van der Waals surface area (Å²) in [6.45, 7) is 6.03. The van der Waals surface area contributed by atoms with E-state index in [1.54, 1.807) is 0 Å². The van der Waals surface area contributed by atoms with Crippen LogP contribution in [0.3, 0.4) is 0 Å². The minimum Gasteiger partial charge on any atom is -0.388 e. The molecular formula is C14H18N2O. The molecule has 3 heteroatoms. The molecule has 1 atom stereocenters. The number of benzene rings is 1. The number of hydrogen-bond acceptors (Lipinski definition) is 2. The van der Waals surface area contributed by atoms with Crippen molar-refractivity contribution in [2.45, 2.75) is 33.3 Å². The van der Waals surface area contributed by atoms with Crippen molar-refractivity contribution in [1.29, 1.82) is 0 Å². The molecule has 3 nitrogen and oxygen atoms in total. The quantitative estimate of drug-likeness (QED) is 0.880. The largest absolute Gasteiger partial charge is 0.388 e. The lowest BCUT2D eigenvalue weighted by Gasteiger charge is -2.10. The molecule has 2 rings (SSSR count). The van der Waals surface area contributed by atoms with Crippen LogP contribution in [0.25, 0.3) is 5.69 Å². The fraction of sp³-hybridized carbons (Fsp3) is 0.357. The SMILES string of the molecule is CC[C@H](O)c1ccc(-n2cnc(C)c2C)cc1. The van der Waals surface area contributed by atoms with Crippen molar-refractivity contribution >= 4 is 0 Å².